The Balaban J connectivity index is 2.49. The lowest BCUT2D eigenvalue weighted by atomic mass is 10.2. The van der Waals surface area contributed by atoms with Gasteiger partial charge in [-0.05, 0) is 6.42 Å². The van der Waals surface area contributed by atoms with E-state index in [9.17, 15) is 8.42 Å². The quantitative estimate of drug-likeness (QED) is 0.677. The molecule has 1 fully saturated rings. The fraction of sp³-hybridized carbons (Fsp3) is 1.00. The second kappa shape index (κ2) is 4.39. The lowest BCUT2D eigenvalue weighted by molar-refractivity contribution is 0.128. The van der Waals surface area contributed by atoms with Crippen molar-refractivity contribution in [3.63, 3.8) is 0 Å². The van der Waals surface area contributed by atoms with Gasteiger partial charge in [-0.1, -0.05) is 6.92 Å². The number of hydrogen-bond acceptors (Lipinski definition) is 4. The number of hydrogen-bond donors (Lipinski definition) is 1. The highest BCUT2D eigenvalue weighted by molar-refractivity contribution is 7.91. The van der Waals surface area contributed by atoms with Gasteiger partial charge in [0.1, 0.15) is 0 Å². The smallest absolute Gasteiger partial charge is 0.152 e. The Morgan fingerprint density at radius 3 is 2.31 bits per heavy atom. The minimum Gasteiger partial charge on any atom is -0.395 e. The predicted octanol–water partition coefficient (Wildman–Crippen LogP) is -0.512. The van der Waals surface area contributed by atoms with Gasteiger partial charge >= 0.3 is 0 Å². The van der Waals surface area contributed by atoms with E-state index in [1.807, 2.05) is 6.92 Å². The van der Waals surface area contributed by atoms with Crippen LogP contribution in [-0.4, -0.2) is 55.7 Å². The summed E-state index contributed by atoms with van der Waals surface area (Å²) in [6.45, 7) is 3.27. The summed E-state index contributed by atoms with van der Waals surface area (Å²) in [6, 6.07) is 0.135. The first-order chi connectivity index (χ1) is 6.09. The monoisotopic (exact) mass is 207 g/mol. The normalized spacial score (nSPS) is 25.7. The third-order valence-electron chi connectivity index (χ3n) is 2.58. The maximum atomic E-state index is 11.1. The van der Waals surface area contributed by atoms with Crippen molar-refractivity contribution in [3.8, 4) is 0 Å². The van der Waals surface area contributed by atoms with Crippen LogP contribution in [0.2, 0.25) is 0 Å². The Morgan fingerprint density at radius 1 is 1.38 bits per heavy atom. The van der Waals surface area contributed by atoms with E-state index >= 15 is 0 Å². The topological polar surface area (TPSA) is 57.6 Å². The van der Waals surface area contributed by atoms with E-state index in [2.05, 4.69) is 4.90 Å². The molecule has 0 bridgehead atoms. The molecule has 1 saturated heterocycles. The summed E-state index contributed by atoms with van der Waals surface area (Å²) >= 11 is 0. The molecule has 13 heavy (non-hydrogen) atoms. The molecule has 0 aromatic heterocycles. The molecule has 5 heteroatoms. The van der Waals surface area contributed by atoms with E-state index in [1.54, 1.807) is 0 Å². The molecule has 1 atom stereocenters. The van der Waals surface area contributed by atoms with E-state index in [-0.39, 0.29) is 24.2 Å². The van der Waals surface area contributed by atoms with Crippen molar-refractivity contribution in [2.24, 2.45) is 0 Å². The largest absolute Gasteiger partial charge is 0.395 e. The lowest BCUT2D eigenvalue weighted by Crippen LogP contribution is -2.47. The first-order valence-electron chi connectivity index (χ1n) is 4.64. The van der Waals surface area contributed by atoms with Crippen molar-refractivity contribution in [3.05, 3.63) is 0 Å². The highest BCUT2D eigenvalue weighted by Crippen LogP contribution is 2.09. The molecule has 1 aliphatic heterocycles. The first kappa shape index (κ1) is 10.9. The highest BCUT2D eigenvalue weighted by Gasteiger charge is 2.25. The number of aliphatic hydroxyl groups excluding tert-OH is 1. The summed E-state index contributed by atoms with van der Waals surface area (Å²) in [7, 11) is -2.79. The molecule has 1 unspecified atom stereocenters. The predicted molar refractivity (Wildman–Crippen MR) is 51.4 cm³/mol. The van der Waals surface area contributed by atoms with E-state index in [1.165, 1.54) is 0 Å². The van der Waals surface area contributed by atoms with Gasteiger partial charge in [0.05, 0.1) is 18.1 Å². The zero-order valence-electron chi connectivity index (χ0n) is 7.94. The van der Waals surface area contributed by atoms with Crippen LogP contribution in [0, 0.1) is 0 Å². The molecular formula is C8H17NO3S. The first-order valence-corrected chi connectivity index (χ1v) is 6.46. The molecule has 0 spiro atoms. The van der Waals surface area contributed by atoms with Crippen molar-refractivity contribution in [2.75, 3.05) is 31.2 Å². The van der Waals surface area contributed by atoms with Gasteiger partial charge in [0.2, 0.25) is 0 Å². The number of aliphatic hydroxyl groups is 1. The highest BCUT2D eigenvalue weighted by atomic mass is 32.2. The Hall–Kier alpha value is -0.130. The van der Waals surface area contributed by atoms with Crippen LogP contribution >= 0.6 is 0 Å². The zero-order chi connectivity index (χ0) is 9.90. The fourth-order valence-corrected chi connectivity index (χ4v) is 2.82. The van der Waals surface area contributed by atoms with Gasteiger partial charge in [-0.15, -0.1) is 0 Å². The van der Waals surface area contributed by atoms with Crippen LogP contribution in [0.15, 0.2) is 0 Å². The minimum absolute atomic E-state index is 0.122. The van der Waals surface area contributed by atoms with Crippen LogP contribution in [0.1, 0.15) is 13.3 Å². The van der Waals surface area contributed by atoms with E-state index < -0.39 is 9.84 Å². The molecule has 1 heterocycles. The van der Waals surface area contributed by atoms with E-state index in [4.69, 9.17) is 5.11 Å². The van der Waals surface area contributed by atoms with Crippen LogP contribution in [0.3, 0.4) is 0 Å². The van der Waals surface area contributed by atoms with Crippen molar-refractivity contribution >= 4 is 9.84 Å². The zero-order valence-corrected chi connectivity index (χ0v) is 8.76. The van der Waals surface area contributed by atoms with Crippen LogP contribution in [0.5, 0.6) is 0 Å². The fourth-order valence-electron chi connectivity index (χ4n) is 1.59. The van der Waals surface area contributed by atoms with E-state index in [0.717, 1.165) is 6.42 Å². The lowest BCUT2D eigenvalue weighted by Gasteiger charge is -2.32. The summed E-state index contributed by atoms with van der Waals surface area (Å²) in [4.78, 5) is 2.06. The third kappa shape index (κ3) is 2.93. The number of sulfone groups is 1. The Labute approximate surface area is 79.5 Å². The molecule has 4 nitrogen and oxygen atoms in total. The van der Waals surface area contributed by atoms with Crippen LogP contribution < -0.4 is 0 Å². The van der Waals surface area contributed by atoms with Gasteiger partial charge in [-0.3, -0.25) is 4.90 Å². The van der Waals surface area contributed by atoms with Gasteiger partial charge < -0.3 is 5.11 Å². The molecule has 0 aromatic carbocycles. The summed E-state index contributed by atoms with van der Waals surface area (Å²) in [6.07, 6.45) is 0.872. The van der Waals surface area contributed by atoms with Crippen LogP contribution in [0.4, 0.5) is 0 Å². The molecule has 1 N–H and O–H groups in total. The second-order valence-corrected chi connectivity index (χ2v) is 5.74. The maximum Gasteiger partial charge on any atom is 0.152 e. The summed E-state index contributed by atoms with van der Waals surface area (Å²) < 4.78 is 22.2. The van der Waals surface area contributed by atoms with Gasteiger partial charge in [-0.2, -0.15) is 0 Å². The Kier molecular flexibility index (Phi) is 3.70. The van der Waals surface area contributed by atoms with Gasteiger partial charge in [0, 0.05) is 19.1 Å². The molecule has 0 aliphatic carbocycles. The molecular weight excluding hydrogens is 190 g/mol. The maximum absolute atomic E-state index is 11.1. The number of nitrogens with zero attached hydrogens (tertiary/aromatic N) is 1. The Morgan fingerprint density at radius 2 is 1.92 bits per heavy atom. The van der Waals surface area contributed by atoms with Gasteiger partial charge in [0.15, 0.2) is 9.84 Å². The summed E-state index contributed by atoms with van der Waals surface area (Å²) in [5.41, 5.74) is 0. The Bertz CT molecular complexity index is 232. The molecule has 0 amide bonds. The second-order valence-electron chi connectivity index (χ2n) is 3.43. The number of rotatable bonds is 3. The average molecular weight is 207 g/mol. The van der Waals surface area contributed by atoms with Crippen LogP contribution in [0.25, 0.3) is 0 Å². The van der Waals surface area contributed by atoms with Crippen molar-refractivity contribution in [1.29, 1.82) is 0 Å². The molecule has 1 aliphatic rings. The molecule has 78 valence electrons. The van der Waals surface area contributed by atoms with Crippen molar-refractivity contribution in [1.82, 2.24) is 4.90 Å². The van der Waals surface area contributed by atoms with E-state index in [0.29, 0.717) is 13.1 Å². The van der Waals surface area contributed by atoms with Gasteiger partial charge in [0.25, 0.3) is 0 Å². The molecule has 1 rings (SSSR count). The van der Waals surface area contributed by atoms with Crippen molar-refractivity contribution in [2.45, 2.75) is 19.4 Å². The summed E-state index contributed by atoms with van der Waals surface area (Å²) in [5.74, 6) is 0.479. The van der Waals surface area contributed by atoms with Crippen molar-refractivity contribution < 1.29 is 13.5 Å². The average Bonchev–Trinajstić information content (AvgIpc) is 2.09. The molecule has 0 aromatic rings. The minimum atomic E-state index is -2.79. The van der Waals surface area contributed by atoms with Crippen LogP contribution in [-0.2, 0) is 9.84 Å². The SMILES string of the molecule is CCC(CO)N1CCS(=O)(=O)CC1. The summed E-state index contributed by atoms with van der Waals surface area (Å²) in [5, 5.41) is 9.02. The van der Waals surface area contributed by atoms with Gasteiger partial charge in [-0.25, -0.2) is 8.42 Å². The molecule has 0 saturated carbocycles. The standard InChI is InChI=1S/C8H17NO3S/c1-2-8(7-10)9-3-5-13(11,12)6-4-9/h8,10H,2-7H2,1H3. The molecule has 0 radical (unpaired) electrons. The third-order valence-corrected chi connectivity index (χ3v) is 4.19.